The third-order valence-electron chi connectivity index (χ3n) is 5.83. The van der Waals surface area contributed by atoms with Crippen LogP contribution in [0.4, 0.5) is 16.4 Å². The predicted molar refractivity (Wildman–Crippen MR) is 114 cm³/mol. The van der Waals surface area contributed by atoms with Crippen molar-refractivity contribution in [2.45, 2.75) is 18.4 Å². The van der Waals surface area contributed by atoms with Crippen LogP contribution in [0.3, 0.4) is 0 Å². The Morgan fingerprint density at radius 2 is 1.43 bits per heavy atom. The summed E-state index contributed by atoms with van der Waals surface area (Å²) < 4.78 is 0. The molecule has 0 bridgehead atoms. The molecule has 30 heavy (non-hydrogen) atoms. The molecule has 0 atom stereocenters. The van der Waals surface area contributed by atoms with Crippen molar-refractivity contribution in [1.82, 2.24) is 15.3 Å². The summed E-state index contributed by atoms with van der Waals surface area (Å²) >= 11 is 0. The normalized spacial score (nSPS) is 18.3. The quantitative estimate of drug-likeness (QED) is 0.684. The second-order valence-corrected chi connectivity index (χ2v) is 7.50. The summed E-state index contributed by atoms with van der Waals surface area (Å²) in [6.45, 7) is 1.31. The number of carbonyl (C=O) groups excluding carboxylic acids is 2. The van der Waals surface area contributed by atoms with E-state index in [1.165, 1.54) is 9.80 Å². The monoisotopic (exact) mass is 399 g/mol. The SMILES string of the molecule is O=C1N(c2ccc(-c3ccccc3)cc2)C(=O)C2(CCNCC2)N1c1ncccn1. The highest BCUT2D eigenvalue weighted by Gasteiger charge is 2.59. The lowest BCUT2D eigenvalue weighted by Crippen LogP contribution is -2.56. The van der Waals surface area contributed by atoms with Gasteiger partial charge in [-0.05, 0) is 55.3 Å². The van der Waals surface area contributed by atoms with Crippen LogP contribution in [-0.4, -0.2) is 40.5 Å². The molecule has 3 heterocycles. The van der Waals surface area contributed by atoms with E-state index in [1.807, 2.05) is 54.6 Å². The molecule has 0 unspecified atom stereocenters. The third-order valence-corrected chi connectivity index (χ3v) is 5.83. The van der Waals surface area contributed by atoms with Gasteiger partial charge in [0.2, 0.25) is 5.95 Å². The molecule has 1 spiro atoms. The summed E-state index contributed by atoms with van der Waals surface area (Å²) in [5, 5.41) is 3.27. The zero-order chi connectivity index (χ0) is 20.6. The van der Waals surface area contributed by atoms with Crippen molar-refractivity contribution in [2.75, 3.05) is 22.9 Å². The van der Waals surface area contributed by atoms with E-state index in [0.29, 0.717) is 31.6 Å². The molecule has 5 rings (SSSR count). The molecule has 2 saturated heterocycles. The Bertz CT molecular complexity index is 1060. The average Bonchev–Trinajstić information content (AvgIpc) is 3.01. The van der Waals surface area contributed by atoms with Crippen LogP contribution in [0.2, 0.25) is 0 Å². The predicted octanol–water partition coefficient (Wildman–Crippen LogP) is 3.24. The van der Waals surface area contributed by atoms with Crippen LogP contribution in [0, 0.1) is 0 Å². The highest BCUT2D eigenvalue weighted by Crippen LogP contribution is 2.40. The highest BCUT2D eigenvalue weighted by atomic mass is 16.2. The van der Waals surface area contributed by atoms with Crippen molar-refractivity contribution in [2.24, 2.45) is 0 Å². The average molecular weight is 399 g/mol. The van der Waals surface area contributed by atoms with Crippen LogP contribution >= 0.6 is 0 Å². The van der Waals surface area contributed by atoms with Gasteiger partial charge in [-0.3, -0.25) is 4.79 Å². The first kappa shape index (κ1) is 18.4. The number of rotatable bonds is 3. The van der Waals surface area contributed by atoms with Gasteiger partial charge >= 0.3 is 6.03 Å². The van der Waals surface area contributed by atoms with Crippen LogP contribution in [0.5, 0.6) is 0 Å². The molecular weight excluding hydrogens is 378 g/mol. The summed E-state index contributed by atoms with van der Waals surface area (Å²) in [7, 11) is 0. The molecule has 2 aromatic carbocycles. The number of nitrogens with zero attached hydrogens (tertiary/aromatic N) is 4. The van der Waals surface area contributed by atoms with Crippen LogP contribution in [0.15, 0.2) is 73.1 Å². The first-order valence-electron chi connectivity index (χ1n) is 10.0. The summed E-state index contributed by atoms with van der Waals surface area (Å²) in [4.78, 5) is 38.4. The smallest absolute Gasteiger partial charge is 0.317 e. The van der Waals surface area contributed by atoms with Gasteiger partial charge in [0.25, 0.3) is 5.91 Å². The minimum atomic E-state index is -0.957. The summed E-state index contributed by atoms with van der Waals surface area (Å²) in [5.41, 5.74) is 1.71. The van der Waals surface area contributed by atoms with Crippen molar-refractivity contribution in [3.8, 4) is 11.1 Å². The van der Waals surface area contributed by atoms with Gasteiger partial charge in [-0.25, -0.2) is 24.6 Å². The molecule has 150 valence electrons. The van der Waals surface area contributed by atoms with E-state index in [4.69, 9.17) is 0 Å². The van der Waals surface area contributed by atoms with Crippen molar-refractivity contribution >= 4 is 23.6 Å². The first-order chi connectivity index (χ1) is 14.7. The maximum absolute atomic E-state index is 13.6. The number of hydrogen-bond acceptors (Lipinski definition) is 5. The Hall–Kier alpha value is -3.58. The zero-order valence-electron chi connectivity index (χ0n) is 16.4. The van der Waals surface area contributed by atoms with Crippen molar-refractivity contribution in [1.29, 1.82) is 0 Å². The van der Waals surface area contributed by atoms with Gasteiger partial charge in [-0.1, -0.05) is 42.5 Å². The Balaban J connectivity index is 1.54. The van der Waals surface area contributed by atoms with Crippen molar-refractivity contribution < 1.29 is 9.59 Å². The molecule has 1 aromatic heterocycles. The standard InChI is InChI=1S/C23H21N5O2/c29-20-23(11-15-24-16-12-23)28(21-25-13-4-14-26-21)22(30)27(20)19-9-7-18(8-10-19)17-5-2-1-3-6-17/h1-10,13-14,24H,11-12,15-16H2. The number of carbonyl (C=O) groups is 2. The topological polar surface area (TPSA) is 78.4 Å². The Labute approximate surface area is 174 Å². The maximum Gasteiger partial charge on any atom is 0.339 e. The largest absolute Gasteiger partial charge is 0.339 e. The van der Waals surface area contributed by atoms with E-state index in [1.54, 1.807) is 18.5 Å². The molecule has 0 radical (unpaired) electrons. The van der Waals surface area contributed by atoms with Gasteiger partial charge in [0.05, 0.1) is 5.69 Å². The number of nitrogens with one attached hydrogen (secondary N) is 1. The van der Waals surface area contributed by atoms with Gasteiger partial charge in [0.1, 0.15) is 5.54 Å². The molecule has 1 N–H and O–H groups in total. The van der Waals surface area contributed by atoms with E-state index in [2.05, 4.69) is 15.3 Å². The van der Waals surface area contributed by atoms with Gasteiger partial charge in [-0.15, -0.1) is 0 Å². The summed E-state index contributed by atoms with van der Waals surface area (Å²) in [6.07, 6.45) is 4.22. The molecule has 7 nitrogen and oxygen atoms in total. The van der Waals surface area contributed by atoms with Crippen molar-refractivity contribution in [3.63, 3.8) is 0 Å². The van der Waals surface area contributed by atoms with E-state index in [0.717, 1.165) is 11.1 Å². The first-order valence-corrected chi connectivity index (χ1v) is 10.0. The van der Waals surface area contributed by atoms with Crippen molar-refractivity contribution in [3.05, 3.63) is 73.1 Å². The van der Waals surface area contributed by atoms with E-state index in [9.17, 15) is 9.59 Å². The summed E-state index contributed by atoms with van der Waals surface area (Å²) in [5.74, 6) is 0.0510. The molecule has 2 aliphatic rings. The second kappa shape index (κ2) is 7.35. The molecule has 3 aromatic rings. The second-order valence-electron chi connectivity index (χ2n) is 7.50. The fraction of sp³-hybridized carbons (Fsp3) is 0.217. The van der Waals surface area contributed by atoms with Crippen LogP contribution in [0.25, 0.3) is 11.1 Å². The van der Waals surface area contributed by atoms with Gasteiger partial charge < -0.3 is 5.32 Å². The number of aromatic nitrogens is 2. The minimum Gasteiger partial charge on any atom is -0.317 e. The highest BCUT2D eigenvalue weighted by molar-refractivity contribution is 6.30. The van der Waals surface area contributed by atoms with E-state index >= 15 is 0 Å². The molecule has 2 aliphatic heterocycles. The van der Waals surface area contributed by atoms with E-state index in [-0.39, 0.29) is 11.9 Å². The molecule has 0 saturated carbocycles. The number of imide groups is 1. The molecule has 3 amide bonds. The van der Waals surface area contributed by atoms with Crippen LogP contribution in [0.1, 0.15) is 12.8 Å². The Morgan fingerprint density at radius 1 is 0.800 bits per heavy atom. The molecule has 2 fully saturated rings. The fourth-order valence-corrected chi connectivity index (χ4v) is 4.30. The lowest BCUT2D eigenvalue weighted by Gasteiger charge is -2.36. The fourth-order valence-electron chi connectivity index (χ4n) is 4.30. The lowest BCUT2D eigenvalue weighted by atomic mass is 9.87. The van der Waals surface area contributed by atoms with Crippen LogP contribution < -0.4 is 15.1 Å². The number of hydrogen-bond donors (Lipinski definition) is 1. The zero-order valence-corrected chi connectivity index (χ0v) is 16.4. The van der Waals surface area contributed by atoms with E-state index < -0.39 is 11.6 Å². The summed E-state index contributed by atoms with van der Waals surface area (Å²) in [6, 6.07) is 18.8. The number of amides is 3. The Morgan fingerprint density at radius 3 is 2.10 bits per heavy atom. The van der Waals surface area contributed by atoms with Gasteiger partial charge in [0, 0.05) is 12.4 Å². The molecule has 7 heteroatoms. The third kappa shape index (κ3) is 2.86. The molecule has 0 aliphatic carbocycles. The van der Waals surface area contributed by atoms with Crippen LogP contribution in [-0.2, 0) is 4.79 Å². The number of anilines is 2. The Kier molecular flexibility index (Phi) is 4.52. The molecular formula is C23H21N5O2. The maximum atomic E-state index is 13.6. The minimum absolute atomic E-state index is 0.214. The number of piperidine rings is 1. The lowest BCUT2D eigenvalue weighted by molar-refractivity contribution is -0.122. The van der Waals surface area contributed by atoms with Gasteiger partial charge in [0.15, 0.2) is 0 Å². The number of urea groups is 1. The van der Waals surface area contributed by atoms with Gasteiger partial charge in [-0.2, -0.15) is 0 Å². The number of benzene rings is 2.